The van der Waals surface area contributed by atoms with Crippen LogP contribution >= 0.6 is 0 Å². The van der Waals surface area contributed by atoms with Gasteiger partial charge in [0.25, 0.3) is 0 Å². The summed E-state index contributed by atoms with van der Waals surface area (Å²) < 4.78 is 27.1. The van der Waals surface area contributed by atoms with Gasteiger partial charge in [0.1, 0.15) is 11.6 Å². The lowest BCUT2D eigenvalue weighted by Crippen LogP contribution is -2.23. The van der Waals surface area contributed by atoms with Crippen LogP contribution in [0.15, 0.2) is 30.9 Å². The third-order valence-electron chi connectivity index (χ3n) is 2.39. The Balaban J connectivity index is 2.94. The Bertz CT molecular complexity index is 330. The Kier molecular flexibility index (Phi) is 5.12. The summed E-state index contributed by atoms with van der Waals surface area (Å²) in [4.78, 5) is 0. The highest BCUT2D eigenvalue weighted by Gasteiger charge is 2.17. The molecule has 0 aliphatic rings. The van der Waals surface area contributed by atoms with Crippen molar-refractivity contribution in [2.75, 3.05) is 6.54 Å². The van der Waals surface area contributed by atoms with Crippen LogP contribution in [0.2, 0.25) is 0 Å². The summed E-state index contributed by atoms with van der Waals surface area (Å²) >= 11 is 0. The molecule has 0 fully saturated rings. The normalized spacial score (nSPS) is 12.4. The molecule has 0 heterocycles. The first kappa shape index (κ1) is 12.8. The van der Waals surface area contributed by atoms with E-state index in [1.807, 2.05) is 6.92 Å². The van der Waals surface area contributed by atoms with Crippen molar-refractivity contribution in [3.8, 4) is 0 Å². The SMILES string of the molecule is C=CCC(NCCC)c1c(F)cccc1F. The van der Waals surface area contributed by atoms with E-state index < -0.39 is 11.6 Å². The van der Waals surface area contributed by atoms with Crippen LogP contribution in [0.5, 0.6) is 0 Å². The molecule has 1 rings (SSSR count). The molecule has 0 bridgehead atoms. The van der Waals surface area contributed by atoms with Gasteiger partial charge >= 0.3 is 0 Å². The van der Waals surface area contributed by atoms with Gasteiger partial charge in [-0.05, 0) is 31.5 Å². The van der Waals surface area contributed by atoms with Gasteiger partial charge in [-0.1, -0.05) is 19.1 Å². The van der Waals surface area contributed by atoms with Crippen LogP contribution in [0.3, 0.4) is 0 Å². The molecule has 1 N–H and O–H groups in total. The molecule has 0 aliphatic heterocycles. The topological polar surface area (TPSA) is 12.0 Å². The van der Waals surface area contributed by atoms with Crippen molar-refractivity contribution in [3.63, 3.8) is 0 Å². The van der Waals surface area contributed by atoms with Gasteiger partial charge in [0.05, 0.1) is 0 Å². The summed E-state index contributed by atoms with van der Waals surface area (Å²) in [7, 11) is 0. The van der Waals surface area contributed by atoms with Crippen LogP contribution in [0.4, 0.5) is 8.78 Å². The zero-order valence-electron chi connectivity index (χ0n) is 9.47. The van der Waals surface area contributed by atoms with E-state index >= 15 is 0 Å². The summed E-state index contributed by atoms with van der Waals surface area (Å²) in [5.74, 6) is -1.01. The van der Waals surface area contributed by atoms with Crippen molar-refractivity contribution in [1.82, 2.24) is 5.32 Å². The maximum absolute atomic E-state index is 13.5. The van der Waals surface area contributed by atoms with Crippen LogP contribution in [-0.2, 0) is 0 Å². The second-order valence-corrected chi connectivity index (χ2v) is 3.67. The lowest BCUT2D eigenvalue weighted by molar-refractivity contribution is 0.469. The van der Waals surface area contributed by atoms with Gasteiger partial charge in [0.15, 0.2) is 0 Å². The third-order valence-corrected chi connectivity index (χ3v) is 2.39. The predicted octanol–water partition coefficient (Wildman–Crippen LogP) is 3.58. The summed E-state index contributed by atoms with van der Waals surface area (Å²) in [5.41, 5.74) is 0.107. The van der Waals surface area contributed by atoms with E-state index in [4.69, 9.17) is 0 Å². The zero-order valence-corrected chi connectivity index (χ0v) is 9.47. The highest BCUT2D eigenvalue weighted by Crippen LogP contribution is 2.23. The first-order valence-corrected chi connectivity index (χ1v) is 5.48. The van der Waals surface area contributed by atoms with Crippen molar-refractivity contribution in [2.45, 2.75) is 25.8 Å². The fourth-order valence-electron chi connectivity index (χ4n) is 1.63. The summed E-state index contributed by atoms with van der Waals surface area (Å²) in [6.07, 6.45) is 3.10. The number of benzene rings is 1. The van der Waals surface area contributed by atoms with Crippen molar-refractivity contribution < 1.29 is 8.78 Å². The highest BCUT2D eigenvalue weighted by molar-refractivity contribution is 5.23. The molecule has 88 valence electrons. The minimum Gasteiger partial charge on any atom is -0.309 e. The molecule has 1 atom stereocenters. The molecule has 3 heteroatoms. The molecule has 16 heavy (non-hydrogen) atoms. The summed E-state index contributed by atoms with van der Waals surface area (Å²) in [5, 5.41) is 3.12. The predicted molar refractivity (Wildman–Crippen MR) is 62.2 cm³/mol. The molecule has 1 unspecified atom stereocenters. The molecular weight excluding hydrogens is 208 g/mol. The third kappa shape index (κ3) is 3.14. The van der Waals surface area contributed by atoms with Gasteiger partial charge in [-0.15, -0.1) is 6.58 Å². The van der Waals surface area contributed by atoms with E-state index in [1.165, 1.54) is 18.2 Å². The highest BCUT2D eigenvalue weighted by atomic mass is 19.1. The Morgan fingerprint density at radius 2 is 2.00 bits per heavy atom. The molecule has 1 aromatic rings. The lowest BCUT2D eigenvalue weighted by Gasteiger charge is -2.18. The van der Waals surface area contributed by atoms with Gasteiger partial charge < -0.3 is 5.32 Å². The lowest BCUT2D eigenvalue weighted by atomic mass is 10.0. The van der Waals surface area contributed by atoms with E-state index in [-0.39, 0.29) is 11.6 Å². The van der Waals surface area contributed by atoms with Crippen LogP contribution in [0.1, 0.15) is 31.4 Å². The number of nitrogens with one attached hydrogen (secondary N) is 1. The molecule has 0 radical (unpaired) electrons. The molecule has 0 saturated heterocycles. The van der Waals surface area contributed by atoms with Crippen LogP contribution in [0, 0.1) is 11.6 Å². The van der Waals surface area contributed by atoms with Gasteiger partial charge in [-0.2, -0.15) is 0 Å². The summed E-state index contributed by atoms with van der Waals surface area (Å²) in [6, 6.07) is 3.60. The Morgan fingerprint density at radius 3 is 2.50 bits per heavy atom. The second-order valence-electron chi connectivity index (χ2n) is 3.67. The standard InChI is InChI=1S/C13H17F2N/c1-3-6-12(16-9-4-2)13-10(14)7-5-8-11(13)15/h3,5,7-8,12,16H,1,4,6,9H2,2H3. The molecule has 0 saturated carbocycles. The van der Waals surface area contributed by atoms with Crippen molar-refractivity contribution in [1.29, 1.82) is 0 Å². The Hall–Kier alpha value is -1.22. The average Bonchev–Trinajstić information content (AvgIpc) is 2.25. The van der Waals surface area contributed by atoms with E-state index in [1.54, 1.807) is 6.08 Å². The van der Waals surface area contributed by atoms with Crippen molar-refractivity contribution in [3.05, 3.63) is 48.1 Å². The zero-order chi connectivity index (χ0) is 12.0. The van der Waals surface area contributed by atoms with E-state index in [0.717, 1.165) is 13.0 Å². The molecule has 1 aromatic carbocycles. The molecule has 0 amide bonds. The van der Waals surface area contributed by atoms with Crippen molar-refractivity contribution >= 4 is 0 Å². The fourth-order valence-corrected chi connectivity index (χ4v) is 1.63. The second kappa shape index (κ2) is 6.38. The average molecular weight is 225 g/mol. The van der Waals surface area contributed by atoms with Gasteiger partial charge in [0.2, 0.25) is 0 Å². The first-order chi connectivity index (χ1) is 7.70. The van der Waals surface area contributed by atoms with Crippen molar-refractivity contribution in [2.24, 2.45) is 0 Å². The van der Waals surface area contributed by atoms with Crippen LogP contribution in [0.25, 0.3) is 0 Å². The van der Waals surface area contributed by atoms with Gasteiger partial charge in [-0.25, -0.2) is 8.78 Å². The first-order valence-electron chi connectivity index (χ1n) is 5.48. The largest absolute Gasteiger partial charge is 0.309 e. The van der Waals surface area contributed by atoms with Crippen LogP contribution < -0.4 is 5.32 Å². The van der Waals surface area contributed by atoms with E-state index in [0.29, 0.717) is 6.42 Å². The minimum absolute atomic E-state index is 0.107. The quantitative estimate of drug-likeness (QED) is 0.730. The molecule has 0 aliphatic carbocycles. The molecule has 1 nitrogen and oxygen atoms in total. The van der Waals surface area contributed by atoms with Gasteiger partial charge in [0, 0.05) is 11.6 Å². The van der Waals surface area contributed by atoms with E-state index in [2.05, 4.69) is 11.9 Å². The molecule has 0 spiro atoms. The number of halogens is 2. The van der Waals surface area contributed by atoms with Crippen LogP contribution in [-0.4, -0.2) is 6.54 Å². The Labute approximate surface area is 95.2 Å². The summed E-state index contributed by atoms with van der Waals surface area (Å²) in [6.45, 7) is 6.35. The Morgan fingerprint density at radius 1 is 1.38 bits per heavy atom. The van der Waals surface area contributed by atoms with Gasteiger partial charge in [-0.3, -0.25) is 0 Å². The number of hydrogen-bond acceptors (Lipinski definition) is 1. The monoisotopic (exact) mass is 225 g/mol. The fraction of sp³-hybridized carbons (Fsp3) is 0.385. The maximum atomic E-state index is 13.5. The smallest absolute Gasteiger partial charge is 0.130 e. The van der Waals surface area contributed by atoms with E-state index in [9.17, 15) is 8.78 Å². The molecule has 0 aromatic heterocycles. The molecular formula is C13H17F2N. The maximum Gasteiger partial charge on any atom is 0.130 e. The number of rotatable bonds is 6. The minimum atomic E-state index is -0.504. The number of hydrogen-bond donors (Lipinski definition) is 1.